The van der Waals surface area contributed by atoms with E-state index in [2.05, 4.69) is 0 Å². The molecule has 86 valence electrons. The van der Waals surface area contributed by atoms with Crippen LogP contribution in [0.3, 0.4) is 0 Å². The number of fused-ring (bicyclic) bond motifs is 1. The van der Waals surface area contributed by atoms with Gasteiger partial charge in [0.05, 0.1) is 6.10 Å². The fourth-order valence-corrected chi connectivity index (χ4v) is 1.66. The molecule has 1 aromatic carbocycles. The number of esters is 1. The molecule has 3 nitrogen and oxygen atoms in total. The van der Waals surface area contributed by atoms with Gasteiger partial charge in [-0.1, -0.05) is 0 Å². The Morgan fingerprint density at radius 2 is 2.31 bits per heavy atom. The van der Waals surface area contributed by atoms with Gasteiger partial charge in [0.1, 0.15) is 11.6 Å². The first-order valence-corrected chi connectivity index (χ1v) is 5.22. The van der Waals surface area contributed by atoms with E-state index in [0.29, 0.717) is 17.7 Å². The maximum absolute atomic E-state index is 12.9. The normalized spacial score (nSPS) is 18.1. The van der Waals surface area contributed by atoms with Gasteiger partial charge in [0.15, 0.2) is 6.10 Å². The molecule has 0 radical (unpaired) electrons. The van der Waals surface area contributed by atoms with E-state index < -0.39 is 12.1 Å². The Bertz CT molecular complexity index is 415. The Morgan fingerprint density at radius 1 is 1.56 bits per heavy atom. The molecule has 4 heteroatoms. The Hall–Kier alpha value is -1.58. The van der Waals surface area contributed by atoms with Crippen LogP contribution in [0, 0.1) is 5.82 Å². The zero-order chi connectivity index (χ0) is 11.7. The van der Waals surface area contributed by atoms with Crippen molar-refractivity contribution >= 4 is 5.97 Å². The van der Waals surface area contributed by atoms with Gasteiger partial charge in [-0.15, -0.1) is 0 Å². The number of ether oxygens (including phenoxy) is 2. The largest absolute Gasteiger partial charge is 0.478 e. The standard InChI is InChI=1S/C12H13FO3/c1-7(2)15-12(14)11-6-8-5-9(13)3-4-10(8)16-11/h3-5,7,11H,6H2,1-2H3. The van der Waals surface area contributed by atoms with Crippen LogP contribution in [-0.2, 0) is 16.0 Å². The van der Waals surface area contributed by atoms with E-state index in [1.54, 1.807) is 13.8 Å². The lowest BCUT2D eigenvalue weighted by Crippen LogP contribution is -2.29. The van der Waals surface area contributed by atoms with Crippen LogP contribution in [0.1, 0.15) is 19.4 Å². The van der Waals surface area contributed by atoms with E-state index in [0.717, 1.165) is 0 Å². The maximum Gasteiger partial charge on any atom is 0.347 e. The molecule has 0 fully saturated rings. The van der Waals surface area contributed by atoms with Gasteiger partial charge in [0.25, 0.3) is 0 Å². The van der Waals surface area contributed by atoms with Crippen LogP contribution >= 0.6 is 0 Å². The molecular formula is C12H13FO3. The Kier molecular flexibility index (Phi) is 2.81. The highest BCUT2D eigenvalue weighted by Crippen LogP contribution is 2.29. The molecule has 0 N–H and O–H groups in total. The van der Waals surface area contributed by atoms with E-state index in [4.69, 9.17) is 9.47 Å². The molecule has 1 aliphatic rings. The minimum Gasteiger partial charge on any atom is -0.478 e. The zero-order valence-electron chi connectivity index (χ0n) is 9.20. The maximum atomic E-state index is 12.9. The highest BCUT2D eigenvalue weighted by atomic mass is 19.1. The highest BCUT2D eigenvalue weighted by Gasteiger charge is 2.31. The molecule has 2 rings (SSSR count). The number of halogens is 1. The van der Waals surface area contributed by atoms with Crippen molar-refractivity contribution in [2.24, 2.45) is 0 Å². The third kappa shape index (κ3) is 2.15. The van der Waals surface area contributed by atoms with E-state index in [-0.39, 0.29) is 11.9 Å². The van der Waals surface area contributed by atoms with E-state index >= 15 is 0 Å². The van der Waals surface area contributed by atoms with E-state index in [1.807, 2.05) is 0 Å². The van der Waals surface area contributed by atoms with Crippen molar-refractivity contribution in [2.75, 3.05) is 0 Å². The summed E-state index contributed by atoms with van der Waals surface area (Å²) in [5, 5.41) is 0. The number of hydrogen-bond donors (Lipinski definition) is 0. The lowest BCUT2D eigenvalue weighted by molar-refractivity contribution is -0.154. The van der Waals surface area contributed by atoms with Gasteiger partial charge in [-0.25, -0.2) is 9.18 Å². The van der Waals surface area contributed by atoms with Crippen LogP contribution in [0.2, 0.25) is 0 Å². The molecule has 0 amide bonds. The lowest BCUT2D eigenvalue weighted by atomic mass is 10.1. The summed E-state index contributed by atoms with van der Waals surface area (Å²) < 4.78 is 23.3. The number of hydrogen-bond acceptors (Lipinski definition) is 3. The SMILES string of the molecule is CC(C)OC(=O)C1Cc2cc(F)ccc2O1. The zero-order valence-corrected chi connectivity index (χ0v) is 9.20. The van der Waals surface area contributed by atoms with Crippen molar-refractivity contribution in [3.05, 3.63) is 29.6 Å². The topological polar surface area (TPSA) is 35.5 Å². The molecule has 0 aromatic heterocycles. The molecule has 1 unspecified atom stereocenters. The van der Waals surface area contributed by atoms with Gasteiger partial charge in [-0.3, -0.25) is 0 Å². The van der Waals surface area contributed by atoms with Crippen LogP contribution in [-0.4, -0.2) is 18.2 Å². The fraction of sp³-hybridized carbons (Fsp3) is 0.417. The third-order valence-corrected chi connectivity index (χ3v) is 2.31. The summed E-state index contributed by atoms with van der Waals surface area (Å²) in [4.78, 5) is 11.6. The molecule has 0 bridgehead atoms. The Morgan fingerprint density at radius 3 is 3.00 bits per heavy atom. The van der Waals surface area contributed by atoms with Crippen LogP contribution < -0.4 is 4.74 Å². The predicted molar refractivity (Wildman–Crippen MR) is 55.7 cm³/mol. The smallest absolute Gasteiger partial charge is 0.347 e. The van der Waals surface area contributed by atoms with Gasteiger partial charge in [0, 0.05) is 12.0 Å². The second kappa shape index (κ2) is 4.12. The van der Waals surface area contributed by atoms with Gasteiger partial charge >= 0.3 is 5.97 Å². The minimum absolute atomic E-state index is 0.170. The first kappa shape index (κ1) is 10.9. The molecule has 0 aliphatic carbocycles. The van der Waals surface area contributed by atoms with E-state index in [1.165, 1.54) is 18.2 Å². The third-order valence-electron chi connectivity index (χ3n) is 2.31. The van der Waals surface area contributed by atoms with Crippen LogP contribution in [0.15, 0.2) is 18.2 Å². The monoisotopic (exact) mass is 224 g/mol. The van der Waals surface area contributed by atoms with Crippen LogP contribution in [0.4, 0.5) is 4.39 Å². The summed E-state index contributed by atoms with van der Waals surface area (Å²) in [7, 11) is 0. The summed E-state index contributed by atoms with van der Waals surface area (Å²) in [6.45, 7) is 3.55. The molecule has 0 saturated carbocycles. The van der Waals surface area contributed by atoms with Crippen molar-refractivity contribution in [1.82, 2.24) is 0 Å². The molecule has 1 aromatic rings. The van der Waals surface area contributed by atoms with Crippen LogP contribution in [0.5, 0.6) is 5.75 Å². The molecule has 1 heterocycles. The van der Waals surface area contributed by atoms with Gasteiger partial charge in [-0.2, -0.15) is 0 Å². The minimum atomic E-state index is -0.640. The summed E-state index contributed by atoms with van der Waals surface area (Å²) in [6.07, 6.45) is -0.436. The molecule has 1 aliphatic heterocycles. The predicted octanol–water partition coefficient (Wildman–Crippen LogP) is 2.08. The molecule has 1 atom stereocenters. The van der Waals surface area contributed by atoms with Crippen molar-refractivity contribution in [3.63, 3.8) is 0 Å². The van der Waals surface area contributed by atoms with Crippen molar-refractivity contribution in [3.8, 4) is 5.75 Å². The first-order valence-electron chi connectivity index (χ1n) is 5.22. The second-order valence-electron chi connectivity index (χ2n) is 4.05. The first-order chi connectivity index (χ1) is 7.56. The van der Waals surface area contributed by atoms with Crippen molar-refractivity contribution in [2.45, 2.75) is 32.5 Å². The second-order valence-corrected chi connectivity index (χ2v) is 4.05. The van der Waals surface area contributed by atoms with Gasteiger partial charge in [-0.05, 0) is 32.0 Å². The van der Waals surface area contributed by atoms with Crippen molar-refractivity contribution < 1.29 is 18.7 Å². The number of carbonyl (C=O) groups is 1. The highest BCUT2D eigenvalue weighted by molar-refractivity contribution is 5.77. The van der Waals surface area contributed by atoms with Crippen molar-refractivity contribution in [1.29, 1.82) is 0 Å². The van der Waals surface area contributed by atoms with E-state index in [9.17, 15) is 9.18 Å². The average Bonchev–Trinajstić information content (AvgIpc) is 2.59. The van der Waals surface area contributed by atoms with Crippen LogP contribution in [0.25, 0.3) is 0 Å². The number of carbonyl (C=O) groups excluding carboxylic acids is 1. The molecule has 16 heavy (non-hydrogen) atoms. The Balaban J connectivity index is 2.08. The quantitative estimate of drug-likeness (QED) is 0.721. The fourth-order valence-electron chi connectivity index (χ4n) is 1.66. The van der Waals surface area contributed by atoms with Gasteiger partial charge in [0.2, 0.25) is 0 Å². The summed E-state index contributed by atoms with van der Waals surface area (Å²) >= 11 is 0. The van der Waals surface area contributed by atoms with Gasteiger partial charge < -0.3 is 9.47 Å². The molecule has 0 saturated heterocycles. The summed E-state index contributed by atoms with van der Waals surface area (Å²) in [6, 6.07) is 4.24. The number of rotatable bonds is 2. The molecule has 0 spiro atoms. The number of benzene rings is 1. The molecular weight excluding hydrogens is 211 g/mol. The summed E-state index contributed by atoms with van der Waals surface area (Å²) in [5.74, 6) is -0.154. The Labute approximate surface area is 93.2 Å². The average molecular weight is 224 g/mol. The summed E-state index contributed by atoms with van der Waals surface area (Å²) in [5.41, 5.74) is 0.714. The lowest BCUT2D eigenvalue weighted by Gasteiger charge is -2.12.